The summed E-state index contributed by atoms with van der Waals surface area (Å²) in [6.45, 7) is 2.46. The Kier molecular flexibility index (Phi) is 5.19. The predicted octanol–water partition coefficient (Wildman–Crippen LogP) is 2.86. The first kappa shape index (κ1) is 15.8. The van der Waals surface area contributed by atoms with Crippen molar-refractivity contribution in [1.29, 1.82) is 0 Å². The molecule has 0 spiro atoms. The maximum absolute atomic E-state index is 13.8. The number of nitrogens with zero attached hydrogens (tertiary/aromatic N) is 3. The van der Waals surface area contributed by atoms with Crippen molar-refractivity contribution in [3.8, 4) is 0 Å². The maximum atomic E-state index is 13.8. The number of hydrogen-bond acceptors (Lipinski definition) is 4. The van der Waals surface area contributed by atoms with Gasteiger partial charge in [-0.15, -0.1) is 10.2 Å². The minimum Gasteiger partial charge on any atom is -0.481 e. The third kappa shape index (κ3) is 3.74. The van der Waals surface area contributed by atoms with Crippen molar-refractivity contribution in [1.82, 2.24) is 14.8 Å². The average Bonchev–Trinajstić information content (AvgIpc) is 2.82. The van der Waals surface area contributed by atoms with E-state index in [1.54, 1.807) is 16.7 Å². The van der Waals surface area contributed by atoms with Crippen molar-refractivity contribution in [3.63, 3.8) is 0 Å². The Hall–Kier alpha value is -1.60. The number of carboxylic acids is 1. The highest BCUT2D eigenvalue weighted by atomic mass is 35.5. The SMILES string of the molecule is CCn1c(Cc2c(F)cccc2Cl)nnc1SCC(=O)O. The minimum absolute atomic E-state index is 0.0986. The number of carbonyl (C=O) groups is 1. The largest absolute Gasteiger partial charge is 0.481 e. The highest BCUT2D eigenvalue weighted by Crippen LogP contribution is 2.24. The lowest BCUT2D eigenvalue weighted by Gasteiger charge is -2.08. The van der Waals surface area contributed by atoms with Gasteiger partial charge in [0, 0.05) is 23.6 Å². The number of halogens is 2. The molecule has 1 aromatic heterocycles. The summed E-state index contributed by atoms with van der Waals surface area (Å²) in [4.78, 5) is 10.6. The molecule has 0 unspecified atom stereocenters. The number of aromatic nitrogens is 3. The molecule has 5 nitrogen and oxygen atoms in total. The summed E-state index contributed by atoms with van der Waals surface area (Å²) in [7, 11) is 0. The van der Waals surface area contributed by atoms with Crippen molar-refractivity contribution in [3.05, 3.63) is 40.4 Å². The Balaban J connectivity index is 2.26. The van der Waals surface area contributed by atoms with E-state index in [9.17, 15) is 9.18 Å². The highest BCUT2D eigenvalue weighted by Gasteiger charge is 2.16. The molecule has 0 saturated heterocycles. The smallest absolute Gasteiger partial charge is 0.313 e. The van der Waals surface area contributed by atoms with Crippen LogP contribution in [0.4, 0.5) is 4.39 Å². The van der Waals surface area contributed by atoms with E-state index in [2.05, 4.69) is 10.2 Å². The first-order valence-corrected chi connectivity index (χ1v) is 7.58. The molecule has 0 aliphatic rings. The number of carboxylic acid groups (broad SMARTS) is 1. The molecule has 0 aliphatic heterocycles. The molecule has 0 aliphatic carbocycles. The second-order valence-corrected chi connectivity index (χ2v) is 5.55. The van der Waals surface area contributed by atoms with Crippen LogP contribution in [0.5, 0.6) is 0 Å². The van der Waals surface area contributed by atoms with Gasteiger partial charge in [0.25, 0.3) is 0 Å². The number of rotatable bonds is 6. The summed E-state index contributed by atoms with van der Waals surface area (Å²) in [5, 5.41) is 17.5. The zero-order valence-corrected chi connectivity index (χ0v) is 12.8. The molecule has 0 saturated carbocycles. The van der Waals surface area contributed by atoms with Gasteiger partial charge < -0.3 is 9.67 Å². The molecule has 1 aromatic carbocycles. The molecular formula is C13H13ClFN3O2S. The summed E-state index contributed by atoms with van der Waals surface area (Å²) in [6, 6.07) is 4.50. The van der Waals surface area contributed by atoms with Crippen LogP contribution in [-0.2, 0) is 17.8 Å². The quantitative estimate of drug-likeness (QED) is 0.825. The van der Waals surface area contributed by atoms with Crippen LogP contribution in [0.2, 0.25) is 5.02 Å². The van der Waals surface area contributed by atoms with Crippen LogP contribution >= 0.6 is 23.4 Å². The van der Waals surface area contributed by atoms with Gasteiger partial charge in [0.05, 0.1) is 5.75 Å². The summed E-state index contributed by atoms with van der Waals surface area (Å²) in [5.74, 6) is -0.867. The first-order chi connectivity index (χ1) is 10.0. The third-order valence-corrected chi connectivity index (χ3v) is 4.14. The molecular weight excluding hydrogens is 317 g/mol. The van der Waals surface area contributed by atoms with Crippen molar-refractivity contribution in [2.24, 2.45) is 0 Å². The first-order valence-electron chi connectivity index (χ1n) is 6.22. The van der Waals surface area contributed by atoms with Gasteiger partial charge in [-0.2, -0.15) is 0 Å². The second kappa shape index (κ2) is 6.91. The van der Waals surface area contributed by atoms with E-state index < -0.39 is 11.8 Å². The summed E-state index contributed by atoms with van der Waals surface area (Å²) in [6.07, 6.45) is 0.208. The predicted molar refractivity (Wildman–Crippen MR) is 78.3 cm³/mol. The van der Waals surface area contributed by atoms with Crippen LogP contribution in [0.1, 0.15) is 18.3 Å². The third-order valence-electron chi connectivity index (χ3n) is 2.83. The fourth-order valence-electron chi connectivity index (χ4n) is 1.86. The van der Waals surface area contributed by atoms with Crippen molar-refractivity contribution in [2.45, 2.75) is 25.0 Å². The molecule has 8 heteroatoms. The van der Waals surface area contributed by atoms with Gasteiger partial charge in [-0.25, -0.2) is 4.39 Å². The van der Waals surface area contributed by atoms with E-state index in [1.807, 2.05) is 6.92 Å². The zero-order valence-electron chi connectivity index (χ0n) is 11.2. The van der Waals surface area contributed by atoms with Crippen LogP contribution in [0.3, 0.4) is 0 Å². The van der Waals surface area contributed by atoms with E-state index in [-0.39, 0.29) is 12.2 Å². The normalized spacial score (nSPS) is 10.8. The van der Waals surface area contributed by atoms with Crippen LogP contribution in [0.25, 0.3) is 0 Å². The highest BCUT2D eigenvalue weighted by molar-refractivity contribution is 7.99. The molecule has 2 rings (SSSR count). The number of aliphatic carboxylic acids is 1. The molecule has 1 heterocycles. The molecule has 21 heavy (non-hydrogen) atoms. The standard InChI is InChI=1S/C13H13ClFN3O2S/c1-2-18-11(16-17-13(18)21-7-12(19)20)6-8-9(14)4-3-5-10(8)15/h3-5H,2,6-7H2,1H3,(H,19,20). The van der Waals surface area contributed by atoms with Crippen molar-refractivity contribution in [2.75, 3.05) is 5.75 Å². The van der Waals surface area contributed by atoms with E-state index in [1.165, 1.54) is 6.07 Å². The van der Waals surface area contributed by atoms with Gasteiger partial charge in [-0.1, -0.05) is 29.4 Å². The van der Waals surface area contributed by atoms with E-state index in [4.69, 9.17) is 16.7 Å². The van der Waals surface area contributed by atoms with Gasteiger partial charge >= 0.3 is 5.97 Å². The number of thioether (sulfide) groups is 1. The van der Waals surface area contributed by atoms with Gasteiger partial charge in [-0.05, 0) is 19.1 Å². The fraction of sp³-hybridized carbons (Fsp3) is 0.308. The van der Waals surface area contributed by atoms with E-state index in [0.29, 0.717) is 28.1 Å². The summed E-state index contributed by atoms with van der Waals surface area (Å²) < 4.78 is 15.6. The Morgan fingerprint density at radius 3 is 2.86 bits per heavy atom. The fourth-order valence-corrected chi connectivity index (χ4v) is 2.83. The lowest BCUT2D eigenvalue weighted by molar-refractivity contribution is -0.133. The molecule has 0 radical (unpaired) electrons. The van der Waals surface area contributed by atoms with E-state index >= 15 is 0 Å². The van der Waals surface area contributed by atoms with Crippen LogP contribution in [0, 0.1) is 5.82 Å². The number of hydrogen-bond donors (Lipinski definition) is 1. The Bertz CT molecular complexity index is 643. The number of benzene rings is 1. The monoisotopic (exact) mass is 329 g/mol. The molecule has 112 valence electrons. The lowest BCUT2D eigenvalue weighted by Crippen LogP contribution is -2.07. The van der Waals surface area contributed by atoms with Gasteiger partial charge in [0.15, 0.2) is 5.16 Å². The zero-order chi connectivity index (χ0) is 15.4. The van der Waals surface area contributed by atoms with Gasteiger partial charge in [-0.3, -0.25) is 4.79 Å². The van der Waals surface area contributed by atoms with Crippen molar-refractivity contribution < 1.29 is 14.3 Å². The molecule has 1 N–H and O–H groups in total. The molecule has 2 aromatic rings. The Morgan fingerprint density at radius 1 is 1.48 bits per heavy atom. The van der Waals surface area contributed by atoms with Gasteiger partial charge in [0.1, 0.15) is 11.6 Å². The van der Waals surface area contributed by atoms with Crippen molar-refractivity contribution >= 4 is 29.3 Å². The summed E-state index contributed by atoms with van der Waals surface area (Å²) >= 11 is 7.09. The minimum atomic E-state index is -0.927. The molecule has 0 atom stereocenters. The molecule has 0 amide bonds. The Morgan fingerprint density at radius 2 is 2.24 bits per heavy atom. The van der Waals surface area contributed by atoms with Gasteiger partial charge in [0.2, 0.25) is 0 Å². The van der Waals surface area contributed by atoms with E-state index in [0.717, 1.165) is 11.8 Å². The maximum Gasteiger partial charge on any atom is 0.313 e. The Labute approximate surface area is 130 Å². The second-order valence-electron chi connectivity index (χ2n) is 4.20. The molecule has 0 fully saturated rings. The summed E-state index contributed by atoms with van der Waals surface area (Å²) in [5.41, 5.74) is 0.357. The van der Waals surface area contributed by atoms with Crippen LogP contribution < -0.4 is 0 Å². The lowest BCUT2D eigenvalue weighted by atomic mass is 10.1. The van der Waals surface area contributed by atoms with Crippen LogP contribution in [-0.4, -0.2) is 31.6 Å². The van der Waals surface area contributed by atoms with Crippen LogP contribution in [0.15, 0.2) is 23.4 Å². The average molecular weight is 330 g/mol. The topological polar surface area (TPSA) is 68.0 Å². The molecule has 0 bridgehead atoms.